The van der Waals surface area contributed by atoms with Gasteiger partial charge in [0.2, 0.25) is 0 Å². The molecule has 0 saturated carbocycles. The molecule has 0 aromatic heterocycles. The third kappa shape index (κ3) is 2.54. The molecule has 4 aliphatic carbocycles. The summed E-state index contributed by atoms with van der Waals surface area (Å²) in [5.74, 6) is 2.49. The quantitative estimate of drug-likeness (QED) is 0.318. The lowest BCUT2D eigenvalue weighted by Gasteiger charge is -2.36. The molecule has 0 fully saturated rings. The Bertz CT molecular complexity index is 906. The molecule has 5 rings (SSSR count). The second-order valence-electron chi connectivity index (χ2n) is 8.77. The van der Waals surface area contributed by atoms with Gasteiger partial charge in [0, 0.05) is 9.50 Å². The van der Waals surface area contributed by atoms with Gasteiger partial charge in [-0.2, -0.15) is 0 Å². The Balaban J connectivity index is 1.46. The Kier molecular flexibility index (Phi) is 3.93. The molecule has 0 aliphatic heterocycles. The fourth-order valence-corrected chi connectivity index (χ4v) is 6.08. The van der Waals surface area contributed by atoms with Gasteiger partial charge in [0.15, 0.2) is 0 Å². The fourth-order valence-electron chi connectivity index (χ4n) is 5.46. The van der Waals surface area contributed by atoms with Crippen LogP contribution in [-0.2, 0) is 5.41 Å². The molecule has 1 aromatic rings. The molecule has 0 heterocycles. The van der Waals surface area contributed by atoms with Gasteiger partial charge in [0.1, 0.15) is 0 Å². The summed E-state index contributed by atoms with van der Waals surface area (Å²) in [7, 11) is 0. The van der Waals surface area contributed by atoms with Crippen molar-refractivity contribution in [3.05, 3.63) is 87.1 Å². The van der Waals surface area contributed by atoms with Crippen LogP contribution in [0.3, 0.4) is 0 Å². The molecule has 1 heteroatoms. The minimum atomic E-state index is 0.229. The first-order valence-corrected chi connectivity index (χ1v) is 10.9. The van der Waals surface area contributed by atoms with Crippen LogP contribution >= 0.6 is 22.6 Å². The molecule has 0 amide bonds. The third-order valence-electron chi connectivity index (χ3n) is 7.01. The van der Waals surface area contributed by atoms with Gasteiger partial charge in [-0.15, -0.1) is 0 Å². The summed E-state index contributed by atoms with van der Waals surface area (Å²) in [5, 5.41) is 0. The molecule has 4 aliphatic rings. The highest BCUT2D eigenvalue weighted by molar-refractivity contribution is 14.1. The van der Waals surface area contributed by atoms with Crippen LogP contribution in [-0.4, -0.2) is 0 Å². The van der Waals surface area contributed by atoms with Crippen molar-refractivity contribution in [2.45, 2.75) is 32.1 Å². The monoisotopic (exact) mass is 452 g/mol. The molecular weight excluding hydrogens is 427 g/mol. The van der Waals surface area contributed by atoms with Gasteiger partial charge in [0.25, 0.3) is 0 Å². The Hall–Kier alpha value is -1.35. The second kappa shape index (κ2) is 6.09. The largest absolute Gasteiger partial charge is 0.0807 e. The van der Waals surface area contributed by atoms with Gasteiger partial charge in [0.05, 0.1) is 0 Å². The standard InChI is InChI=1S/C25H25I/c1-25(2)23-6-4-3-5-21(23)22-12-10-19(15-24(22)25)16-7-8-18-14-20(26)11-9-17(18)13-16/h3-12,14,16-18,24H,13,15H2,1-2H3. The topological polar surface area (TPSA) is 0 Å². The van der Waals surface area contributed by atoms with E-state index in [9.17, 15) is 0 Å². The molecule has 1 aromatic carbocycles. The van der Waals surface area contributed by atoms with E-state index in [2.05, 4.69) is 103 Å². The van der Waals surface area contributed by atoms with E-state index in [0.717, 1.165) is 0 Å². The lowest BCUT2D eigenvalue weighted by Crippen LogP contribution is -2.27. The molecule has 4 atom stereocenters. The highest BCUT2D eigenvalue weighted by Crippen LogP contribution is 2.55. The molecule has 0 saturated heterocycles. The number of hydrogen-bond donors (Lipinski definition) is 0. The summed E-state index contributed by atoms with van der Waals surface area (Å²) in [5.41, 5.74) is 6.42. The van der Waals surface area contributed by atoms with E-state index < -0.39 is 0 Å². The molecule has 0 N–H and O–H groups in total. The Morgan fingerprint density at radius 2 is 1.88 bits per heavy atom. The zero-order valence-electron chi connectivity index (χ0n) is 15.5. The number of halogens is 1. The van der Waals surface area contributed by atoms with Crippen molar-refractivity contribution in [1.82, 2.24) is 0 Å². The van der Waals surface area contributed by atoms with E-state index in [1.165, 1.54) is 27.5 Å². The first kappa shape index (κ1) is 16.8. The Morgan fingerprint density at radius 1 is 1.04 bits per heavy atom. The van der Waals surface area contributed by atoms with Crippen molar-refractivity contribution in [1.29, 1.82) is 0 Å². The normalized spacial score (nSPS) is 33.6. The van der Waals surface area contributed by atoms with Crippen LogP contribution < -0.4 is 0 Å². The molecule has 4 unspecified atom stereocenters. The van der Waals surface area contributed by atoms with E-state index in [-0.39, 0.29) is 5.41 Å². The first-order chi connectivity index (χ1) is 12.5. The second-order valence-corrected chi connectivity index (χ2v) is 10.0. The van der Waals surface area contributed by atoms with E-state index in [1.807, 2.05) is 0 Å². The summed E-state index contributed by atoms with van der Waals surface area (Å²) in [6.07, 6.45) is 19.4. The molecule has 132 valence electrons. The Labute approximate surface area is 170 Å². The minimum absolute atomic E-state index is 0.229. The smallest absolute Gasteiger partial charge is 0.00930 e. The van der Waals surface area contributed by atoms with Crippen LogP contribution in [0.15, 0.2) is 76.0 Å². The van der Waals surface area contributed by atoms with E-state index in [4.69, 9.17) is 0 Å². The number of benzene rings is 1. The molecule has 0 nitrogen and oxygen atoms in total. The molecule has 0 bridgehead atoms. The average molecular weight is 452 g/mol. The van der Waals surface area contributed by atoms with Gasteiger partial charge in [-0.1, -0.05) is 86.2 Å². The fraction of sp³-hybridized carbons (Fsp3) is 0.360. The predicted octanol–water partition coefficient (Wildman–Crippen LogP) is 7.00. The van der Waals surface area contributed by atoms with E-state index in [1.54, 1.807) is 11.1 Å². The molecule has 0 spiro atoms. The SMILES string of the molecule is CC1(C)c2ccccc2C2=CC=C(C3C=CC4C=C(I)C=CC4C3)CC21. The third-order valence-corrected chi connectivity index (χ3v) is 7.73. The van der Waals surface area contributed by atoms with Crippen molar-refractivity contribution in [3.8, 4) is 0 Å². The zero-order chi connectivity index (χ0) is 17.9. The maximum Gasteiger partial charge on any atom is 0.00930 e. The Morgan fingerprint density at radius 3 is 2.77 bits per heavy atom. The minimum Gasteiger partial charge on any atom is -0.0807 e. The lowest BCUT2D eigenvalue weighted by molar-refractivity contribution is 0.379. The maximum absolute atomic E-state index is 2.49. The number of allylic oxidation sites excluding steroid dienone is 10. The van der Waals surface area contributed by atoms with Gasteiger partial charge in [-0.05, 0) is 75.3 Å². The van der Waals surface area contributed by atoms with Gasteiger partial charge < -0.3 is 0 Å². The first-order valence-electron chi connectivity index (χ1n) is 9.78. The van der Waals surface area contributed by atoms with Crippen LogP contribution in [0.25, 0.3) is 5.57 Å². The molecule has 0 radical (unpaired) electrons. The maximum atomic E-state index is 2.49. The average Bonchev–Trinajstić information content (AvgIpc) is 2.89. The van der Waals surface area contributed by atoms with Crippen LogP contribution in [0.4, 0.5) is 0 Å². The van der Waals surface area contributed by atoms with E-state index >= 15 is 0 Å². The molecular formula is C25H25I. The predicted molar refractivity (Wildman–Crippen MR) is 119 cm³/mol. The van der Waals surface area contributed by atoms with Crippen LogP contribution in [0, 0.1) is 23.7 Å². The summed E-state index contributed by atoms with van der Waals surface area (Å²) in [6, 6.07) is 9.03. The number of hydrogen-bond acceptors (Lipinski definition) is 0. The summed E-state index contributed by atoms with van der Waals surface area (Å²) in [6.45, 7) is 4.87. The van der Waals surface area contributed by atoms with Crippen molar-refractivity contribution in [2.24, 2.45) is 23.7 Å². The van der Waals surface area contributed by atoms with Crippen molar-refractivity contribution >= 4 is 28.2 Å². The van der Waals surface area contributed by atoms with Gasteiger partial charge in [-0.25, -0.2) is 0 Å². The lowest BCUT2D eigenvalue weighted by atomic mass is 9.68. The van der Waals surface area contributed by atoms with Crippen molar-refractivity contribution < 1.29 is 0 Å². The van der Waals surface area contributed by atoms with Crippen LogP contribution in [0.2, 0.25) is 0 Å². The highest BCUT2D eigenvalue weighted by Gasteiger charge is 2.44. The number of fused-ring (bicyclic) bond motifs is 4. The summed E-state index contributed by atoms with van der Waals surface area (Å²) in [4.78, 5) is 0. The highest BCUT2D eigenvalue weighted by atomic mass is 127. The zero-order valence-corrected chi connectivity index (χ0v) is 17.6. The van der Waals surface area contributed by atoms with Gasteiger partial charge >= 0.3 is 0 Å². The summed E-state index contributed by atoms with van der Waals surface area (Å²) < 4.78 is 1.38. The van der Waals surface area contributed by atoms with Crippen LogP contribution in [0.5, 0.6) is 0 Å². The van der Waals surface area contributed by atoms with E-state index in [0.29, 0.717) is 23.7 Å². The van der Waals surface area contributed by atoms with Crippen molar-refractivity contribution in [2.75, 3.05) is 0 Å². The van der Waals surface area contributed by atoms with Crippen molar-refractivity contribution in [3.63, 3.8) is 0 Å². The molecule has 26 heavy (non-hydrogen) atoms. The number of rotatable bonds is 1. The van der Waals surface area contributed by atoms with Gasteiger partial charge in [-0.3, -0.25) is 0 Å². The summed E-state index contributed by atoms with van der Waals surface area (Å²) >= 11 is 2.44. The van der Waals surface area contributed by atoms with Crippen LogP contribution in [0.1, 0.15) is 37.8 Å².